The molecule has 8 heteroatoms. The zero-order chi connectivity index (χ0) is 14.6. The van der Waals surface area contributed by atoms with Gasteiger partial charge < -0.3 is 11.5 Å². The average molecular weight is 282 g/mol. The second-order valence-electron chi connectivity index (χ2n) is 3.57. The minimum absolute atomic E-state index is 0.105. The molecule has 0 aliphatic rings. The fourth-order valence-corrected chi connectivity index (χ4v) is 1.81. The van der Waals surface area contributed by atoms with Crippen molar-refractivity contribution in [2.24, 2.45) is 16.5 Å². The van der Waals surface area contributed by atoms with Gasteiger partial charge >= 0.3 is 0 Å². The number of hydrogen-bond donors (Lipinski definition) is 2. The molecule has 4 N–H and O–H groups in total. The van der Waals surface area contributed by atoms with Crippen molar-refractivity contribution in [3.05, 3.63) is 35.8 Å². The van der Waals surface area contributed by atoms with Crippen LogP contribution in [0.2, 0.25) is 0 Å². The molecule has 100 valence electrons. The number of rotatable bonds is 3. The highest BCUT2D eigenvalue weighted by atomic mass is 32.2. The minimum Gasteiger partial charge on any atom is -0.403 e. The molecule has 0 fully saturated rings. The highest BCUT2D eigenvalue weighted by molar-refractivity contribution is 7.90. The average Bonchev–Trinajstić information content (AvgIpc) is 2.32. The highest BCUT2D eigenvalue weighted by Gasteiger charge is 2.11. The van der Waals surface area contributed by atoms with Gasteiger partial charge in [0.15, 0.2) is 9.84 Å². The summed E-state index contributed by atoms with van der Waals surface area (Å²) in [5.41, 5.74) is 10.3. The molecule has 1 rings (SSSR count). The number of benzene rings is 1. The van der Waals surface area contributed by atoms with Crippen LogP contribution in [0.5, 0.6) is 0 Å². The van der Waals surface area contributed by atoms with Gasteiger partial charge in [-0.25, -0.2) is 17.8 Å². The first-order valence-corrected chi connectivity index (χ1v) is 6.85. The first-order chi connectivity index (χ1) is 8.79. The van der Waals surface area contributed by atoms with E-state index in [1.807, 2.05) is 0 Å². The maximum Gasteiger partial charge on any atom is 0.175 e. The fourth-order valence-electron chi connectivity index (χ4n) is 1.18. The molecule has 0 saturated carbocycles. The summed E-state index contributed by atoms with van der Waals surface area (Å²) in [5, 5.41) is 8.66. The van der Waals surface area contributed by atoms with Gasteiger partial charge in [-0.3, -0.25) is 0 Å². The third-order valence-electron chi connectivity index (χ3n) is 2.15. The number of aliphatic imine (C=N–C) groups is 1. The van der Waals surface area contributed by atoms with Crippen molar-refractivity contribution < 1.29 is 12.8 Å². The second-order valence-corrected chi connectivity index (χ2v) is 5.59. The minimum atomic E-state index is -3.50. The number of nitriles is 1. The quantitative estimate of drug-likeness (QED) is 0.477. The Kier molecular flexibility index (Phi) is 4.24. The Morgan fingerprint density at radius 1 is 1.53 bits per heavy atom. The molecule has 0 unspecified atom stereocenters. The van der Waals surface area contributed by atoms with Crippen LogP contribution in [0.3, 0.4) is 0 Å². The summed E-state index contributed by atoms with van der Waals surface area (Å²) in [6.07, 6.45) is 1.91. The van der Waals surface area contributed by atoms with E-state index in [1.165, 1.54) is 6.07 Å². The van der Waals surface area contributed by atoms with E-state index in [2.05, 4.69) is 4.99 Å². The lowest BCUT2D eigenvalue weighted by Crippen LogP contribution is -2.14. The third kappa shape index (κ3) is 3.53. The molecule has 0 aliphatic heterocycles. The summed E-state index contributed by atoms with van der Waals surface area (Å²) in [5.74, 6) is -1.11. The Labute approximate surface area is 109 Å². The molecular formula is C11H11FN4O2S. The van der Waals surface area contributed by atoms with Crippen molar-refractivity contribution in [1.29, 1.82) is 5.26 Å². The largest absolute Gasteiger partial charge is 0.403 e. The summed E-state index contributed by atoms with van der Waals surface area (Å²) in [4.78, 5) is 3.51. The molecule has 0 bridgehead atoms. The highest BCUT2D eigenvalue weighted by Crippen LogP contribution is 2.21. The molecule has 0 aliphatic carbocycles. The molecule has 19 heavy (non-hydrogen) atoms. The second kappa shape index (κ2) is 5.49. The molecule has 1 aromatic rings. The maximum absolute atomic E-state index is 13.7. The van der Waals surface area contributed by atoms with Gasteiger partial charge in [0, 0.05) is 12.5 Å². The van der Waals surface area contributed by atoms with Gasteiger partial charge in [0.1, 0.15) is 29.0 Å². The number of nitrogens with two attached hydrogens (primary N) is 2. The van der Waals surface area contributed by atoms with Gasteiger partial charge in [-0.2, -0.15) is 5.26 Å². The predicted octanol–water partition coefficient (Wildman–Crippen LogP) is 0.584. The van der Waals surface area contributed by atoms with Crippen LogP contribution in [0.4, 0.5) is 10.1 Å². The summed E-state index contributed by atoms with van der Waals surface area (Å²) in [7, 11) is -3.50. The lowest BCUT2D eigenvalue weighted by atomic mass is 10.2. The van der Waals surface area contributed by atoms with E-state index in [0.717, 1.165) is 24.6 Å². The molecular weight excluding hydrogens is 271 g/mol. The van der Waals surface area contributed by atoms with Gasteiger partial charge in [0.05, 0.1) is 4.90 Å². The number of nitrogens with zero attached hydrogens (tertiary/aromatic N) is 2. The van der Waals surface area contributed by atoms with Crippen LogP contribution < -0.4 is 11.5 Å². The van der Waals surface area contributed by atoms with Crippen LogP contribution in [0, 0.1) is 17.1 Å². The van der Waals surface area contributed by atoms with Crippen molar-refractivity contribution in [3.8, 4) is 6.07 Å². The molecule has 0 saturated heterocycles. The molecule has 6 nitrogen and oxygen atoms in total. The summed E-state index contributed by atoms with van der Waals surface area (Å²) >= 11 is 0. The van der Waals surface area contributed by atoms with E-state index in [1.54, 1.807) is 6.07 Å². The van der Waals surface area contributed by atoms with Crippen molar-refractivity contribution in [1.82, 2.24) is 0 Å². The fraction of sp³-hybridized carbons (Fsp3) is 0.0909. The van der Waals surface area contributed by atoms with Gasteiger partial charge in [-0.15, -0.1) is 0 Å². The number of sulfone groups is 1. The first kappa shape index (κ1) is 14.7. The number of amidine groups is 1. The van der Waals surface area contributed by atoms with Crippen molar-refractivity contribution in [2.45, 2.75) is 4.90 Å². The van der Waals surface area contributed by atoms with Gasteiger partial charge in [-0.1, -0.05) is 0 Å². The van der Waals surface area contributed by atoms with Gasteiger partial charge in [0.2, 0.25) is 0 Å². The Morgan fingerprint density at radius 2 is 2.16 bits per heavy atom. The standard InChI is InChI=1S/C11H11FN4O2S/c1-19(17,18)8-2-3-10(9(12)4-8)16-11(15)7(5-13)6-14/h2-5H,13H2,1H3,(H2,15,16). The van der Waals surface area contributed by atoms with E-state index >= 15 is 0 Å². The molecule has 0 spiro atoms. The zero-order valence-corrected chi connectivity index (χ0v) is 10.8. The van der Waals surface area contributed by atoms with E-state index in [-0.39, 0.29) is 22.0 Å². The predicted molar refractivity (Wildman–Crippen MR) is 68.7 cm³/mol. The van der Waals surface area contributed by atoms with E-state index in [0.29, 0.717) is 0 Å². The molecule has 0 atom stereocenters. The summed E-state index contributed by atoms with van der Waals surface area (Å²) in [6, 6.07) is 4.88. The normalized spacial score (nSPS) is 13.1. The number of hydrogen-bond acceptors (Lipinski definition) is 5. The molecule has 0 heterocycles. The monoisotopic (exact) mass is 282 g/mol. The SMILES string of the molecule is CS(=O)(=O)c1ccc(N=C(N)C(C#N)=CN)c(F)c1. The number of halogens is 1. The van der Waals surface area contributed by atoms with E-state index < -0.39 is 15.7 Å². The Hall–Kier alpha value is -2.40. The Morgan fingerprint density at radius 3 is 2.58 bits per heavy atom. The molecule has 1 aromatic carbocycles. The van der Waals surface area contributed by atoms with E-state index in [9.17, 15) is 12.8 Å². The van der Waals surface area contributed by atoms with Crippen LogP contribution in [0.1, 0.15) is 0 Å². The van der Waals surface area contributed by atoms with Crippen LogP contribution in [0.25, 0.3) is 0 Å². The summed E-state index contributed by atoms with van der Waals surface area (Å²) in [6.45, 7) is 0. The van der Waals surface area contributed by atoms with Crippen LogP contribution in [-0.2, 0) is 9.84 Å². The van der Waals surface area contributed by atoms with Gasteiger partial charge in [-0.05, 0) is 18.2 Å². The first-order valence-electron chi connectivity index (χ1n) is 4.95. The zero-order valence-electron chi connectivity index (χ0n) is 9.96. The molecule has 0 amide bonds. The van der Waals surface area contributed by atoms with Gasteiger partial charge in [0.25, 0.3) is 0 Å². The molecule has 0 radical (unpaired) electrons. The van der Waals surface area contributed by atoms with Crippen molar-refractivity contribution >= 4 is 21.4 Å². The van der Waals surface area contributed by atoms with Crippen molar-refractivity contribution in [3.63, 3.8) is 0 Å². The lowest BCUT2D eigenvalue weighted by Gasteiger charge is -2.02. The Bertz CT molecular complexity index is 702. The third-order valence-corrected chi connectivity index (χ3v) is 3.26. The molecule has 0 aromatic heterocycles. The van der Waals surface area contributed by atoms with Crippen LogP contribution in [0.15, 0.2) is 39.9 Å². The Balaban J connectivity index is 3.27. The summed E-state index contributed by atoms with van der Waals surface area (Å²) < 4.78 is 36.1. The maximum atomic E-state index is 13.7. The van der Waals surface area contributed by atoms with Crippen molar-refractivity contribution in [2.75, 3.05) is 6.26 Å². The smallest absolute Gasteiger partial charge is 0.175 e. The van der Waals surface area contributed by atoms with Crippen LogP contribution >= 0.6 is 0 Å². The van der Waals surface area contributed by atoms with Crippen LogP contribution in [-0.4, -0.2) is 20.5 Å². The van der Waals surface area contributed by atoms with E-state index in [4.69, 9.17) is 16.7 Å². The lowest BCUT2D eigenvalue weighted by molar-refractivity contribution is 0.596. The topological polar surface area (TPSA) is 122 Å².